The Balaban J connectivity index is 2.32. The SMILES string of the molecule is NS(=O)(=O)CCNC(=O)Cc1ccccn1. The van der Waals surface area contributed by atoms with Crippen LogP contribution in [0.5, 0.6) is 0 Å². The second kappa shape index (κ2) is 5.57. The first-order valence-corrected chi connectivity index (χ1v) is 6.36. The second-order valence-electron chi connectivity index (χ2n) is 3.21. The van der Waals surface area contributed by atoms with Crippen molar-refractivity contribution in [3.63, 3.8) is 0 Å². The van der Waals surface area contributed by atoms with Gasteiger partial charge in [-0.3, -0.25) is 9.78 Å². The van der Waals surface area contributed by atoms with Crippen LogP contribution in [0.4, 0.5) is 0 Å². The van der Waals surface area contributed by atoms with Crippen LogP contribution in [0, 0.1) is 0 Å². The molecule has 1 rings (SSSR count). The Hall–Kier alpha value is -1.47. The molecule has 0 unspecified atom stereocenters. The number of sulfonamides is 1. The number of pyridine rings is 1. The van der Waals surface area contributed by atoms with Crippen molar-refractivity contribution in [3.8, 4) is 0 Å². The van der Waals surface area contributed by atoms with Crippen LogP contribution < -0.4 is 10.5 Å². The number of carbonyl (C=O) groups is 1. The molecule has 0 aromatic carbocycles. The number of nitrogens with two attached hydrogens (primary N) is 1. The van der Waals surface area contributed by atoms with Gasteiger partial charge in [0.2, 0.25) is 15.9 Å². The maximum absolute atomic E-state index is 11.3. The Morgan fingerprint density at radius 1 is 1.44 bits per heavy atom. The average molecular weight is 243 g/mol. The summed E-state index contributed by atoms with van der Waals surface area (Å²) >= 11 is 0. The molecule has 1 aromatic heterocycles. The molecule has 0 bridgehead atoms. The van der Waals surface area contributed by atoms with E-state index in [1.807, 2.05) is 0 Å². The Kier molecular flexibility index (Phi) is 4.39. The van der Waals surface area contributed by atoms with Crippen LogP contribution in [0.2, 0.25) is 0 Å². The predicted octanol–water partition coefficient (Wildman–Crippen LogP) is -0.971. The molecular weight excluding hydrogens is 230 g/mol. The topological polar surface area (TPSA) is 102 Å². The van der Waals surface area contributed by atoms with E-state index in [-0.39, 0.29) is 24.6 Å². The molecule has 0 saturated heterocycles. The molecule has 0 spiro atoms. The molecule has 0 aliphatic rings. The molecule has 1 amide bonds. The van der Waals surface area contributed by atoms with Crippen molar-refractivity contribution in [3.05, 3.63) is 30.1 Å². The van der Waals surface area contributed by atoms with Crippen LogP contribution in [0.25, 0.3) is 0 Å². The molecule has 1 heterocycles. The first-order chi connectivity index (χ1) is 7.47. The lowest BCUT2D eigenvalue weighted by Crippen LogP contribution is -2.32. The quantitative estimate of drug-likeness (QED) is 0.694. The zero-order valence-corrected chi connectivity index (χ0v) is 9.40. The maximum atomic E-state index is 11.3. The molecule has 16 heavy (non-hydrogen) atoms. The zero-order chi connectivity index (χ0) is 12.0. The summed E-state index contributed by atoms with van der Waals surface area (Å²) in [5.74, 6) is -0.539. The van der Waals surface area contributed by atoms with E-state index in [0.717, 1.165) is 0 Å². The number of rotatable bonds is 5. The van der Waals surface area contributed by atoms with Crippen LogP contribution in [-0.4, -0.2) is 31.6 Å². The molecule has 0 aliphatic carbocycles. The molecule has 0 atom stereocenters. The maximum Gasteiger partial charge on any atom is 0.226 e. The van der Waals surface area contributed by atoms with Crippen LogP contribution in [0.3, 0.4) is 0 Å². The first kappa shape index (κ1) is 12.6. The van der Waals surface area contributed by atoms with Gasteiger partial charge in [-0.1, -0.05) is 6.07 Å². The van der Waals surface area contributed by atoms with Crippen LogP contribution in [0.15, 0.2) is 24.4 Å². The number of hydrogen-bond acceptors (Lipinski definition) is 4. The summed E-state index contributed by atoms with van der Waals surface area (Å²) in [5, 5.41) is 7.23. The van der Waals surface area contributed by atoms with Gasteiger partial charge in [-0.25, -0.2) is 13.6 Å². The van der Waals surface area contributed by atoms with Crippen LogP contribution >= 0.6 is 0 Å². The minimum atomic E-state index is -3.52. The number of nitrogens with one attached hydrogen (secondary N) is 1. The molecule has 0 saturated carbocycles. The summed E-state index contributed by atoms with van der Waals surface area (Å²) < 4.78 is 21.2. The molecular formula is C9H13N3O3S. The summed E-state index contributed by atoms with van der Waals surface area (Å²) in [7, 11) is -3.52. The van der Waals surface area contributed by atoms with E-state index < -0.39 is 10.0 Å². The third-order valence-electron chi connectivity index (χ3n) is 1.78. The number of nitrogens with zero attached hydrogens (tertiary/aromatic N) is 1. The van der Waals surface area contributed by atoms with E-state index >= 15 is 0 Å². The van der Waals surface area contributed by atoms with Gasteiger partial charge in [0.05, 0.1) is 12.2 Å². The highest BCUT2D eigenvalue weighted by Gasteiger charge is 2.06. The van der Waals surface area contributed by atoms with E-state index in [1.54, 1.807) is 24.4 Å². The van der Waals surface area contributed by atoms with Gasteiger partial charge in [0.1, 0.15) is 0 Å². The van der Waals surface area contributed by atoms with E-state index in [1.165, 1.54) is 0 Å². The van der Waals surface area contributed by atoms with E-state index in [2.05, 4.69) is 10.3 Å². The Labute approximate surface area is 93.9 Å². The normalized spacial score (nSPS) is 11.1. The standard InChI is InChI=1S/C9H13N3O3S/c10-16(14,15)6-5-12-9(13)7-8-3-1-2-4-11-8/h1-4H,5-7H2,(H,12,13)(H2,10,14,15). The average Bonchev–Trinajstić information content (AvgIpc) is 2.17. The lowest BCUT2D eigenvalue weighted by molar-refractivity contribution is -0.120. The minimum Gasteiger partial charge on any atom is -0.355 e. The van der Waals surface area contributed by atoms with Crippen LogP contribution in [-0.2, 0) is 21.2 Å². The summed E-state index contributed by atoms with van der Waals surface area (Å²) in [6.07, 6.45) is 1.72. The van der Waals surface area contributed by atoms with E-state index in [9.17, 15) is 13.2 Å². The Morgan fingerprint density at radius 3 is 2.75 bits per heavy atom. The van der Waals surface area contributed by atoms with Crippen molar-refractivity contribution in [1.82, 2.24) is 10.3 Å². The molecule has 0 radical (unpaired) electrons. The molecule has 88 valence electrons. The first-order valence-electron chi connectivity index (χ1n) is 4.64. The highest BCUT2D eigenvalue weighted by molar-refractivity contribution is 7.89. The summed E-state index contributed by atoms with van der Waals surface area (Å²) in [6, 6.07) is 5.25. The van der Waals surface area contributed by atoms with Crippen molar-refractivity contribution >= 4 is 15.9 Å². The third kappa shape index (κ3) is 5.42. The number of carbonyl (C=O) groups excluding carboxylic acids is 1. The smallest absolute Gasteiger partial charge is 0.226 e. The fraction of sp³-hybridized carbons (Fsp3) is 0.333. The highest BCUT2D eigenvalue weighted by Crippen LogP contribution is 1.93. The van der Waals surface area contributed by atoms with Gasteiger partial charge in [0.25, 0.3) is 0 Å². The van der Waals surface area contributed by atoms with Crippen molar-refractivity contribution in [2.75, 3.05) is 12.3 Å². The summed E-state index contributed by atoms with van der Waals surface area (Å²) in [4.78, 5) is 15.3. The number of primary sulfonamides is 1. The van der Waals surface area contributed by atoms with Gasteiger partial charge in [-0.2, -0.15) is 0 Å². The summed E-state index contributed by atoms with van der Waals surface area (Å²) in [6.45, 7) is 0.0184. The molecule has 1 aromatic rings. The third-order valence-corrected chi connectivity index (χ3v) is 2.55. The lowest BCUT2D eigenvalue weighted by atomic mass is 10.2. The molecule has 0 aliphatic heterocycles. The summed E-state index contributed by atoms with van der Waals surface area (Å²) in [5.41, 5.74) is 0.635. The number of aromatic nitrogens is 1. The lowest BCUT2D eigenvalue weighted by Gasteiger charge is -2.03. The van der Waals surface area contributed by atoms with Gasteiger partial charge in [-0.05, 0) is 12.1 Å². The predicted molar refractivity (Wildman–Crippen MR) is 58.9 cm³/mol. The number of hydrogen-bond donors (Lipinski definition) is 2. The van der Waals surface area contributed by atoms with Crippen molar-refractivity contribution in [2.24, 2.45) is 5.14 Å². The van der Waals surface area contributed by atoms with Crippen molar-refractivity contribution < 1.29 is 13.2 Å². The fourth-order valence-corrected chi connectivity index (χ4v) is 1.45. The fourth-order valence-electron chi connectivity index (χ4n) is 1.06. The van der Waals surface area contributed by atoms with Gasteiger partial charge >= 0.3 is 0 Å². The second-order valence-corrected chi connectivity index (χ2v) is 4.95. The number of amides is 1. The van der Waals surface area contributed by atoms with Gasteiger partial charge < -0.3 is 5.32 Å². The molecule has 7 heteroatoms. The highest BCUT2D eigenvalue weighted by atomic mass is 32.2. The van der Waals surface area contributed by atoms with Gasteiger partial charge in [0.15, 0.2) is 0 Å². The molecule has 0 fully saturated rings. The van der Waals surface area contributed by atoms with Crippen molar-refractivity contribution in [1.29, 1.82) is 0 Å². The van der Waals surface area contributed by atoms with Gasteiger partial charge in [0, 0.05) is 18.4 Å². The monoisotopic (exact) mass is 243 g/mol. The minimum absolute atomic E-state index is 0.0184. The van der Waals surface area contributed by atoms with E-state index in [0.29, 0.717) is 5.69 Å². The Morgan fingerprint density at radius 2 is 2.19 bits per heavy atom. The van der Waals surface area contributed by atoms with Crippen LogP contribution in [0.1, 0.15) is 5.69 Å². The van der Waals surface area contributed by atoms with Crippen molar-refractivity contribution in [2.45, 2.75) is 6.42 Å². The Bertz CT molecular complexity index is 444. The molecule has 6 nitrogen and oxygen atoms in total. The zero-order valence-electron chi connectivity index (χ0n) is 8.59. The van der Waals surface area contributed by atoms with E-state index in [4.69, 9.17) is 5.14 Å². The van der Waals surface area contributed by atoms with Gasteiger partial charge in [-0.15, -0.1) is 0 Å². The largest absolute Gasteiger partial charge is 0.355 e. The molecule has 3 N–H and O–H groups in total.